The third kappa shape index (κ3) is 4.52. The van der Waals surface area contributed by atoms with Gasteiger partial charge in [-0.2, -0.15) is 4.37 Å². The molecule has 0 saturated heterocycles. The zero-order chi connectivity index (χ0) is 13.7. The molecule has 2 heterocycles. The first-order chi connectivity index (χ1) is 9.17. The fourth-order valence-electron chi connectivity index (χ4n) is 1.31. The summed E-state index contributed by atoms with van der Waals surface area (Å²) in [4.78, 5) is 13.1. The van der Waals surface area contributed by atoms with E-state index in [0.29, 0.717) is 11.2 Å². The van der Waals surface area contributed by atoms with Crippen molar-refractivity contribution in [2.45, 2.75) is 49.3 Å². The molecule has 7 heteroatoms. The number of aromatic nitrogens is 4. The first-order valence-electron chi connectivity index (χ1n) is 6.22. The molecule has 2 rings (SSSR count). The molecule has 19 heavy (non-hydrogen) atoms. The van der Waals surface area contributed by atoms with Crippen LogP contribution in [0.5, 0.6) is 0 Å². The van der Waals surface area contributed by atoms with Gasteiger partial charge in [-0.1, -0.05) is 20.8 Å². The number of hydrogen-bond acceptors (Lipinski definition) is 7. The van der Waals surface area contributed by atoms with Crippen LogP contribution < -0.4 is 5.32 Å². The highest BCUT2D eigenvalue weighted by Crippen LogP contribution is 2.25. The van der Waals surface area contributed by atoms with Crippen LogP contribution in [0.15, 0.2) is 21.9 Å². The molecule has 0 amide bonds. The highest BCUT2D eigenvalue weighted by Gasteiger charge is 2.07. The average molecular weight is 295 g/mol. The number of nitrogens with one attached hydrogen (secondary N) is 1. The summed E-state index contributed by atoms with van der Waals surface area (Å²) in [6, 6.07) is 0.461. The largest absolute Gasteiger partial charge is 0.310 e. The highest BCUT2D eigenvalue weighted by molar-refractivity contribution is 8.00. The molecule has 0 aliphatic rings. The first kappa shape index (κ1) is 14.4. The van der Waals surface area contributed by atoms with Gasteiger partial charge in [-0.05, 0) is 23.3 Å². The summed E-state index contributed by atoms with van der Waals surface area (Å²) in [5.41, 5.74) is 1.09. The van der Waals surface area contributed by atoms with Crippen LogP contribution >= 0.6 is 23.3 Å². The molecular weight excluding hydrogens is 278 g/mol. The van der Waals surface area contributed by atoms with E-state index in [1.807, 2.05) is 19.3 Å². The van der Waals surface area contributed by atoms with Crippen LogP contribution in [0.25, 0.3) is 0 Å². The molecule has 0 saturated carbocycles. The fraction of sp³-hybridized carbons (Fsp3) is 0.500. The molecule has 0 spiro atoms. The van der Waals surface area contributed by atoms with Crippen LogP contribution in [0.1, 0.15) is 32.2 Å². The van der Waals surface area contributed by atoms with Crippen molar-refractivity contribution in [1.82, 2.24) is 24.6 Å². The van der Waals surface area contributed by atoms with Gasteiger partial charge in [0.15, 0.2) is 9.50 Å². The predicted octanol–water partition coefficient (Wildman–Crippen LogP) is 2.54. The monoisotopic (exact) mass is 295 g/mol. The summed E-state index contributed by atoms with van der Waals surface area (Å²) in [5, 5.41) is 4.05. The molecule has 0 aliphatic carbocycles. The summed E-state index contributed by atoms with van der Waals surface area (Å²) >= 11 is 2.86. The van der Waals surface area contributed by atoms with Crippen LogP contribution in [0, 0.1) is 0 Å². The molecule has 0 radical (unpaired) electrons. The molecule has 0 bridgehead atoms. The van der Waals surface area contributed by atoms with Gasteiger partial charge in [-0.25, -0.2) is 15.0 Å². The summed E-state index contributed by atoms with van der Waals surface area (Å²) in [6.07, 6.45) is 4.57. The lowest BCUT2D eigenvalue weighted by atomic mass is 10.3. The van der Waals surface area contributed by atoms with Gasteiger partial charge in [0, 0.05) is 37.0 Å². The standard InChI is InChI=1S/C12H17N5S2/c1-4-10-16-12(19-17-10)18-11-14-6-9(7-15-11)5-13-8(2)3/h6-8,13H,4-5H2,1-3H3. The van der Waals surface area contributed by atoms with Crippen LogP contribution in [0.2, 0.25) is 0 Å². The second kappa shape index (κ2) is 6.93. The Labute approximate surface area is 121 Å². The maximum atomic E-state index is 4.38. The van der Waals surface area contributed by atoms with E-state index in [1.54, 1.807) is 0 Å². The Morgan fingerprint density at radius 1 is 1.32 bits per heavy atom. The van der Waals surface area contributed by atoms with Gasteiger partial charge in [0.25, 0.3) is 0 Å². The van der Waals surface area contributed by atoms with E-state index in [9.17, 15) is 0 Å². The molecule has 5 nitrogen and oxygen atoms in total. The van der Waals surface area contributed by atoms with Gasteiger partial charge < -0.3 is 5.32 Å². The van der Waals surface area contributed by atoms with Crippen molar-refractivity contribution in [3.8, 4) is 0 Å². The molecule has 0 aromatic carbocycles. The Morgan fingerprint density at radius 2 is 2.05 bits per heavy atom. The number of aryl methyl sites for hydroxylation is 1. The Balaban J connectivity index is 1.94. The number of rotatable bonds is 6. The Bertz CT molecular complexity index is 509. The predicted molar refractivity (Wildman–Crippen MR) is 77.4 cm³/mol. The molecule has 2 aromatic rings. The second-order valence-corrected chi connectivity index (χ2v) is 6.31. The zero-order valence-corrected chi connectivity index (χ0v) is 12.9. The van der Waals surface area contributed by atoms with Crippen LogP contribution in [0.3, 0.4) is 0 Å². The van der Waals surface area contributed by atoms with E-state index in [2.05, 4.69) is 38.5 Å². The highest BCUT2D eigenvalue weighted by atomic mass is 32.2. The van der Waals surface area contributed by atoms with E-state index >= 15 is 0 Å². The summed E-state index contributed by atoms with van der Waals surface area (Å²) in [7, 11) is 0. The molecule has 2 aromatic heterocycles. The van der Waals surface area contributed by atoms with Crippen molar-refractivity contribution >= 4 is 23.3 Å². The number of hydrogen-bond donors (Lipinski definition) is 1. The molecule has 0 atom stereocenters. The van der Waals surface area contributed by atoms with E-state index in [4.69, 9.17) is 0 Å². The summed E-state index contributed by atoms with van der Waals surface area (Å²) < 4.78 is 5.13. The van der Waals surface area contributed by atoms with Gasteiger partial charge in [-0.15, -0.1) is 0 Å². The molecular formula is C12H17N5S2. The van der Waals surface area contributed by atoms with Crippen LogP contribution in [-0.2, 0) is 13.0 Å². The van der Waals surface area contributed by atoms with Crippen molar-refractivity contribution in [3.05, 3.63) is 23.8 Å². The van der Waals surface area contributed by atoms with Crippen molar-refractivity contribution in [1.29, 1.82) is 0 Å². The Hall–Kier alpha value is -1.05. The minimum absolute atomic E-state index is 0.461. The SMILES string of the molecule is CCc1nsc(Sc2ncc(CNC(C)C)cn2)n1. The third-order valence-corrected chi connectivity index (χ3v) is 4.02. The smallest absolute Gasteiger partial charge is 0.194 e. The third-order valence-electron chi connectivity index (χ3n) is 2.34. The van der Waals surface area contributed by atoms with Gasteiger partial charge in [0.05, 0.1) is 0 Å². The maximum Gasteiger partial charge on any atom is 0.194 e. The van der Waals surface area contributed by atoms with Gasteiger partial charge in [-0.3, -0.25) is 0 Å². The zero-order valence-electron chi connectivity index (χ0n) is 11.3. The summed E-state index contributed by atoms with van der Waals surface area (Å²) in [5.74, 6) is 0.880. The Morgan fingerprint density at radius 3 is 2.63 bits per heavy atom. The normalized spacial score (nSPS) is 11.2. The second-order valence-electron chi connectivity index (χ2n) is 4.34. The lowest BCUT2D eigenvalue weighted by molar-refractivity contribution is 0.585. The molecule has 1 N–H and O–H groups in total. The van der Waals surface area contributed by atoms with E-state index < -0.39 is 0 Å². The van der Waals surface area contributed by atoms with Crippen molar-refractivity contribution < 1.29 is 0 Å². The average Bonchev–Trinajstić information content (AvgIpc) is 2.85. The molecule has 0 unspecified atom stereocenters. The topological polar surface area (TPSA) is 63.6 Å². The quantitative estimate of drug-likeness (QED) is 0.826. The van der Waals surface area contributed by atoms with E-state index in [-0.39, 0.29) is 0 Å². The lowest BCUT2D eigenvalue weighted by Crippen LogP contribution is -2.21. The van der Waals surface area contributed by atoms with Crippen molar-refractivity contribution in [3.63, 3.8) is 0 Å². The Kier molecular flexibility index (Phi) is 5.24. The van der Waals surface area contributed by atoms with Crippen LogP contribution in [0.4, 0.5) is 0 Å². The lowest BCUT2D eigenvalue weighted by Gasteiger charge is -2.07. The van der Waals surface area contributed by atoms with Crippen LogP contribution in [-0.4, -0.2) is 25.4 Å². The van der Waals surface area contributed by atoms with Crippen molar-refractivity contribution in [2.75, 3.05) is 0 Å². The molecule has 0 fully saturated rings. The number of nitrogens with zero attached hydrogens (tertiary/aromatic N) is 4. The van der Waals surface area contributed by atoms with Gasteiger partial charge >= 0.3 is 0 Å². The minimum atomic E-state index is 0.461. The van der Waals surface area contributed by atoms with E-state index in [1.165, 1.54) is 23.3 Å². The first-order valence-corrected chi connectivity index (χ1v) is 7.81. The fourth-order valence-corrected chi connectivity index (χ4v) is 2.81. The molecule has 102 valence electrons. The summed E-state index contributed by atoms with van der Waals surface area (Å²) in [6.45, 7) is 7.07. The molecule has 0 aliphatic heterocycles. The minimum Gasteiger partial charge on any atom is -0.310 e. The van der Waals surface area contributed by atoms with E-state index in [0.717, 1.165) is 28.7 Å². The van der Waals surface area contributed by atoms with Gasteiger partial charge in [0.2, 0.25) is 0 Å². The van der Waals surface area contributed by atoms with Gasteiger partial charge in [0.1, 0.15) is 5.82 Å². The maximum absolute atomic E-state index is 4.38. The van der Waals surface area contributed by atoms with Crippen molar-refractivity contribution in [2.24, 2.45) is 0 Å².